The van der Waals surface area contributed by atoms with Crippen molar-refractivity contribution < 1.29 is 18.8 Å². The second-order valence-corrected chi connectivity index (χ2v) is 6.94. The van der Waals surface area contributed by atoms with Crippen LogP contribution in [0.3, 0.4) is 0 Å². The van der Waals surface area contributed by atoms with E-state index in [0.717, 1.165) is 6.07 Å². The Balaban J connectivity index is 1.82. The Labute approximate surface area is 159 Å². The van der Waals surface area contributed by atoms with Gasteiger partial charge in [0.05, 0.1) is 16.9 Å². The van der Waals surface area contributed by atoms with Crippen molar-refractivity contribution in [1.82, 2.24) is 4.90 Å². The number of likely N-dealkylation sites (N-methyl/N-ethyl adjacent to an activating group) is 1. The van der Waals surface area contributed by atoms with Gasteiger partial charge < -0.3 is 10.2 Å². The van der Waals surface area contributed by atoms with Crippen molar-refractivity contribution in [1.29, 1.82) is 0 Å². The molecule has 0 radical (unpaired) electrons. The number of rotatable bonds is 2. The smallest absolute Gasteiger partial charge is 0.271 e. The molecule has 2 aromatic carbocycles. The first-order valence-electron chi connectivity index (χ1n) is 8.33. The normalized spacial score (nSPS) is 21.1. The lowest BCUT2D eigenvalue weighted by molar-refractivity contribution is -0.128. The molecule has 2 aromatic rings. The number of fused-ring (bicyclic) bond motifs is 3. The third kappa shape index (κ3) is 2.42. The number of carbonyl (C=O) groups is 3. The summed E-state index contributed by atoms with van der Waals surface area (Å²) in [7, 11) is 1.47. The zero-order chi connectivity index (χ0) is 19.3. The summed E-state index contributed by atoms with van der Waals surface area (Å²) in [5.74, 6) is -1.98. The van der Waals surface area contributed by atoms with E-state index >= 15 is 0 Å². The van der Waals surface area contributed by atoms with Crippen LogP contribution in [0.1, 0.15) is 23.2 Å². The molecule has 0 aliphatic carbocycles. The van der Waals surface area contributed by atoms with E-state index in [1.165, 1.54) is 29.0 Å². The Kier molecular flexibility index (Phi) is 3.92. The van der Waals surface area contributed by atoms with Crippen LogP contribution in [0.15, 0.2) is 42.5 Å². The third-order valence-corrected chi connectivity index (χ3v) is 5.32. The number of para-hydroxylation sites is 1. The van der Waals surface area contributed by atoms with E-state index < -0.39 is 17.4 Å². The number of benzene rings is 2. The second kappa shape index (κ2) is 6.06. The van der Waals surface area contributed by atoms with Crippen LogP contribution >= 0.6 is 11.6 Å². The first-order valence-corrected chi connectivity index (χ1v) is 8.71. The molecule has 0 bridgehead atoms. The summed E-state index contributed by atoms with van der Waals surface area (Å²) in [5.41, 5.74) is -0.949. The Morgan fingerprint density at radius 2 is 1.96 bits per heavy atom. The fraction of sp³-hybridized carbons (Fsp3) is 0.211. The molecule has 1 atom stereocenters. The van der Waals surface area contributed by atoms with Crippen molar-refractivity contribution >= 4 is 40.7 Å². The van der Waals surface area contributed by atoms with Crippen molar-refractivity contribution in [2.24, 2.45) is 0 Å². The molecular weight excluding hydrogens is 373 g/mol. The van der Waals surface area contributed by atoms with E-state index in [1.54, 1.807) is 24.3 Å². The van der Waals surface area contributed by atoms with Crippen LogP contribution in [0.2, 0.25) is 5.02 Å². The first kappa shape index (κ1) is 17.5. The summed E-state index contributed by atoms with van der Waals surface area (Å²) in [4.78, 5) is 41.3. The van der Waals surface area contributed by atoms with Gasteiger partial charge in [-0.3, -0.25) is 19.3 Å². The van der Waals surface area contributed by atoms with Gasteiger partial charge in [-0.25, -0.2) is 4.39 Å². The predicted octanol–water partition coefficient (Wildman–Crippen LogP) is 3.03. The minimum Gasteiger partial charge on any atom is -0.320 e. The molecule has 1 unspecified atom stereocenters. The highest BCUT2D eigenvalue weighted by Crippen LogP contribution is 2.44. The van der Waals surface area contributed by atoms with Crippen molar-refractivity contribution in [3.05, 3.63) is 58.9 Å². The SMILES string of the molecule is CN1C(=O)c2ccccc2N2C(=O)CCC12C(=O)Nc1cc(Cl)ccc1F. The molecule has 1 saturated heterocycles. The van der Waals surface area contributed by atoms with Gasteiger partial charge >= 0.3 is 0 Å². The highest BCUT2D eigenvalue weighted by atomic mass is 35.5. The molecule has 0 saturated carbocycles. The second-order valence-electron chi connectivity index (χ2n) is 6.51. The molecule has 0 aromatic heterocycles. The predicted molar refractivity (Wildman–Crippen MR) is 98.0 cm³/mol. The van der Waals surface area contributed by atoms with Crippen molar-refractivity contribution in [2.75, 3.05) is 17.3 Å². The fourth-order valence-electron chi connectivity index (χ4n) is 3.74. The van der Waals surface area contributed by atoms with Crippen LogP contribution in [-0.4, -0.2) is 35.3 Å². The Morgan fingerprint density at radius 3 is 2.74 bits per heavy atom. The van der Waals surface area contributed by atoms with Gasteiger partial charge in [0.15, 0.2) is 0 Å². The zero-order valence-electron chi connectivity index (χ0n) is 14.3. The molecule has 4 rings (SSSR count). The van der Waals surface area contributed by atoms with Crippen LogP contribution < -0.4 is 10.2 Å². The van der Waals surface area contributed by atoms with Crippen LogP contribution in [0.25, 0.3) is 0 Å². The average molecular weight is 388 g/mol. The minimum atomic E-state index is -1.56. The molecule has 1 fully saturated rings. The topological polar surface area (TPSA) is 69.7 Å². The fourth-order valence-corrected chi connectivity index (χ4v) is 3.92. The van der Waals surface area contributed by atoms with Crippen molar-refractivity contribution in [3.63, 3.8) is 0 Å². The van der Waals surface area contributed by atoms with Crippen molar-refractivity contribution in [3.8, 4) is 0 Å². The number of nitrogens with one attached hydrogen (secondary N) is 1. The van der Waals surface area contributed by atoms with Gasteiger partial charge in [-0.15, -0.1) is 0 Å². The molecule has 3 amide bonds. The number of anilines is 2. The van der Waals surface area contributed by atoms with Gasteiger partial charge in [0.2, 0.25) is 11.6 Å². The van der Waals surface area contributed by atoms with Gasteiger partial charge in [0.25, 0.3) is 11.8 Å². The monoisotopic (exact) mass is 387 g/mol. The van der Waals surface area contributed by atoms with E-state index in [1.807, 2.05) is 0 Å². The molecule has 138 valence electrons. The van der Waals surface area contributed by atoms with Crippen LogP contribution in [0.4, 0.5) is 15.8 Å². The number of halogens is 2. The molecule has 6 nitrogen and oxygen atoms in total. The number of nitrogens with zero attached hydrogens (tertiary/aromatic N) is 2. The summed E-state index contributed by atoms with van der Waals surface area (Å²) in [6, 6.07) is 10.4. The molecule has 2 heterocycles. The van der Waals surface area contributed by atoms with Crippen LogP contribution in [0, 0.1) is 5.82 Å². The Bertz CT molecular complexity index is 996. The van der Waals surface area contributed by atoms with E-state index in [-0.39, 0.29) is 35.4 Å². The van der Waals surface area contributed by atoms with Crippen LogP contribution in [0.5, 0.6) is 0 Å². The van der Waals surface area contributed by atoms with Gasteiger partial charge in [-0.1, -0.05) is 23.7 Å². The summed E-state index contributed by atoms with van der Waals surface area (Å²) in [6.45, 7) is 0. The molecule has 1 N–H and O–H groups in total. The van der Waals surface area contributed by atoms with Gasteiger partial charge in [-0.05, 0) is 30.3 Å². The standard InChI is InChI=1S/C19H15ClFN3O3/c1-23-17(26)12-4-2-3-5-15(12)24-16(25)8-9-19(23,24)18(27)22-14-10-11(20)6-7-13(14)21/h2-7,10H,8-9H2,1H3,(H,22,27). The maximum absolute atomic E-state index is 14.1. The third-order valence-electron chi connectivity index (χ3n) is 5.08. The quantitative estimate of drug-likeness (QED) is 0.861. The highest BCUT2D eigenvalue weighted by Gasteiger charge is 2.59. The van der Waals surface area contributed by atoms with E-state index in [4.69, 9.17) is 11.6 Å². The molecule has 0 spiro atoms. The maximum atomic E-state index is 14.1. The van der Waals surface area contributed by atoms with Gasteiger partial charge in [0.1, 0.15) is 5.82 Å². The lowest BCUT2D eigenvalue weighted by Crippen LogP contribution is -2.68. The van der Waals surface area contributed by atoms with Gasteiger partial charge in [0, 0.05) is 24.9 Å². The van der Waals surface area contributed by atoms with Gasteiger partial charge in [-0.2, -0.15) is 0 Å². The van der Waals surface area contributed by atoms with Crippen molar-refractivity contribution in [2.45, 2.75) is 18.5 Å². The molecule has 27 heavy (non-hydrogen) atoms. The maximum Gasteiger partial charge on any atom is 0.271 e. The lowest BCUT2D eigenvalue weighted by Gasteiger charge is -2.47. The molecule has 8 heteroatoms. The molecule has 2 aliphatic heterocycles. The summed E-state index contributed by atoms with van der Waals surface area (Å²) < 4.78 is 14.1. The largest absolute Gasteiger partial charge is 0.320 e. The number of carbonyl (C=O) groups excluding carboxylic acids is 3. The highest BCUT2D eigenvalue weighted by molar-refractivity contribution is 6.31. The number of amides is 3. The Hall–Kier alpha value is -2.93. The zero-order valence-corrected chi connectivity index (χ0v) is 15.1. The van der Waals surface area contributed by atoms with E-state index in [9.17, 15) is 18.8 Å². The minimum absolute atomic E-state index is 0.0946. The number of hydrogen-bond acceptors (Lipinski definition) is 3. The molecule has 2 aliphatic rings. The average Bonchev–Trinajstić information content (AvgIpc) is 3.01. The Morgan fingerprint density at radius 1 is 1.22 bits per heavy atom. The van der Waals surface area contributed by atoms with E-state index in [2.05, 4.69) is 5.32 Å². The number of hydrogen-bond donors (Lipinski definition) is 1. The van der Waals surface area contributed by atoms with E-state index in [0.29, 0.717) is 11.3 Å². The summed E-state index contributed by atoms with van der Waals surface area (Å²) in [6.07, 6.45) is 0.202. The first-order chi connectivity index (χ1) is 12.9. The lowest BCUT2D eigenvalue weighted by atomic mass is 9.96. The molecular formula is C19H15ClFN3O3. The summed E-state index contributed by atoms with van der Waals surface area (Å²) >= 11 is 5.89. The summed E-state index contributed by atoms with van der Waals surface area (Å²) in [5, 5.41) is 2.75. The van der Waals surface area contributed by atoms with Crippen LogP contribution in [-0.2, 0) is 9.59 Å².